The van der Waals surface area contributed by atoms with E-state index in [2.05, 4.69) is 31.0 Å². The Morgan fingerprint density at radius 1 is 1.04 bits per heavy atom. The average molecular weight is 393 g/mol. The first-order valence-corrected chi connectivity index (χ1v) is 8.29. The van der Waals surface area contributed by atoms with Gasteiger partial charge in [-0.05, 0) is 52.8 Å². The minimum Gasteiger partial charge on any atom is -0.419 e. The summed E-state index contributed by atoms with van der Waals surface area (Å²) in [5.41, 5.74) is 2.08. The molecule has 1 heterocycles. The first-order chi connectivity index (χ1) is 11.1. The number of hydrogen-bond acceptors (Lipinski definition) is 4. The third-order valence-electron chi connectivity index (χ3n) is 3.34. The van der Waals surface area contributed by atoms with Crippen molar-refractivity contribution in [2.75, 3.05) is 7.05 Å². The molecule has 0 bridgehead atoms. The normalized spacial score (nSPS) is 11.1. The molecule has 4 nitrogen and oxygen atoms in total. The molecule has 0 unspecified atom stereocenters. The van der Waals surface area contributed by atoms with E-state index < -0.39 is 0 Å². The SMILES string of the molecule is CN(Cc1ccc(Cl)cc1)Cc1nnc(-c2ccccc2Br)o1. The molecule has 23 heavy (non-hydrogen) atoms. The summed E-state index contributed by atoms with van der Waals surface area (Å²) in [5.74, 6) is 1.11. The Labute approximate surface area is 148 Å². The second kappa shape index (κ2) is 7.25. The molecule has 2 aromatic carbocycles. The van der Waals surface area contributed by atoms with E-state index in [9.17, 15) is 0 Å². The van der Waals surface area contributed by atoms with E-state index in [1.807, 2.05) is 55.6 Å². The van der Waals surface area contributed by atoms with Crippen LogP contribution in [0.3, 0.4) is 0 Å². The van der Waals surface area contributed by atoms with Gasteiger partial charge in [0.15, 0.2) is 0 Å². The molecular weight excluding hydrogens is 378 g/mol. The van der Waals surface area contributed by atoms with Crippen LogP contribution < -0.4 is 0 Å². The Kier molecular flexibility index (Phi) is 5.10. The number of nitrogens with zero attached hydrogens (tertiary/aromatic N) is 3. The van der Waals surface area contributed by atoms with Gasteiger partial charge in [-0.1, -0.05) is 35.9 Å². The Morgan fingerprint density at radius 2 is 1.78 bits per heavy atom. The molecule has 0 aliphatic rings. The third kappa shape index (κ3) is 4.19. The van der Waals surface area contributed by atoms with Gasteiger partial charge in [-0.2, -0.15) is 0 Å². The summed E-state index contributed by atoms with van der Waals surface area (Å²) in [7, 11) is 2.01. The zero-order valence-corrected chi connectivity index (χ0v) is 14.9. The fourth-order valence-electron chi connectivity index (χ4n) is 2.25. The zero-order chi connectivity index (χ0) is 16.2. The molecule has 0 fully saturated rings. The van der Waals surface area contributed by atoms with Crippen molar-refractivity contribution in [2.45, 2.75) is 13.1 Å². The largest absolute Gasteiger partial charge is 0.419 e. The highest BCUT2D eigenvalue weighted by Gasteiger charge is 2.12. The van der Waals surface area contributed by atoms with E-state index in [1.165, 1.54) is 5.56 Å². The summed E-state index contributed by atoms with van der Waals surface area (Å²) in [6.45, 7) is 1.37. The highest BCUT2D eigenvalue weighted by Crippen LogP contribution is 2.26. The van der Waals surface area contributed by atoms with Crippen molar-refractivity contribution in [3.8, 4) is 11.5 Å². The molecule has 0 atom stereocenters. The molecule has 6 heteroatoms. The van der Waals surface area contributed by atoms with Crippen LogP contribution >= 0.6 is 27.5 Å². The molecule has 0 saturated heterocycles. The standard InChI is InChI=1S/C17H15BrClN3O/c1-22(10-12-6-8-13(19)9-7-12)11-16-20-21-17(23-16)14-4-2-3-5-15(14)18/h2-9H,10-11H2,1H3. The van der Waals surface area contributed by atoms with Gasteiger partial charge in [-0.25, -0.2) is 0 Å². The van der Waals surface area contributed by atoms with Gasteiger partial charge in [0.2, 0.25) is 11.8 Å². The lowest BCUT2D eigenvalue weighted by Crippen LogP contribution is -2.17. The number of rotatable bonds is 5. The van der Waals surface area contributed by atoms with Crippen molar-refractivity contribution in [2.24, 2.45) is 0 Å². The lowest BCUT2D eigenvalue weighted by atomic mass is 10.2. The predicted octanol–water partition coefficient (Wildman–Crippen LogP) is 4.78. The van der Waals surface area contributed by atoms with Crippen LogP contribution in [-0.2, 0) is 13.1 Å². The Balaban J connectivity index is 1.67. The van der Waals surface area contributed by atoms with E-state index in [-0.39, 0.29) is 0 Å². The van der Waals surface area contributed by atoms with Crippen molar-refractivity contribution in [1.29, 1.82) is 0 Å². The maximum Gasteiger partial charge on any atom is 0.248 e. The van der Waals surface area contributed by atoms with Crippen LogP contribution in [0.2, 0.25) is 5.02 Å². The molecule has 0 saturated carbocycles. The Bertz CT molecular complexity index is 789. The number of hydrogen-bond donors (Lipinski definition) is 0. The monoisotopic (exact) mass is 391 g/mol. The lowest BCUT2D eigenvalue weighted by Gasteiger charge is -2.14. The molecule has 0 aliphatic heterocycles. The third-order valence-corrected chi connectivity index (χ3v) is 4.29. The molecule has 3 aromatic rings. The second-order valence-corrected chi connectivity index (χ2v) is 6.57. The summed E-state index contributed by atoms with van der Waals surface area (Å²) in [6, 6.07) is 15.6. The molecular formula is C17H15BrClN3O. The van der Waals surface area contributed by atoms with Gasteiger partial charge in [-0.15, -0.1) is 10.2 Å². The van der Waals surface area contributed by atoms with Crippen LogP contribution in [0, 0.1) is 0 Å². The summed E-state index contributed by atoms with van der Waals surface area (Å²) in [6.07, 6.45) is 0. The van der Waals surface area contributed by atoms with Crippen LogP contribution in [0.1, 0.15) is 11.5 Å². The number of aromatic nitrogens is 2. The van der Waals surface area contributed by atoms with E-state index in [0.717, 1.165) is 21.6 Å². The van der Waals surface area contributed by atoms with Gasteiger partial charge in [-0.3, -0.25) is 4.90 Å². The van der Waals surface area contributed by atoms with Crippen LogP contribution in [0.15, 0.2) is 57.4 Å². The van der Waals surface area contributed by atoms with Crippen LogP contribution in [0.5, 0.6) is 0 Å². The van der Waals surface area contributed by atoms with E-state index in [1.54, 1.807) is 0 Å². The van der Waals surface area contributed by atoms with Crippen LogP contribution in [0.4, 0.5) is 0 Å². The lowest BCUT2D eigenvalue weighted by molar-refractivity contribution is 0.283. The quantitative estimate of drug-likeness (QED) is 0.626. The summed E-state index contributed by atoms with van der Waals surface area (Å²) in [5, 5.41) is 9.00. The first kappa shape index (κ1) is 16.2. The zero-order valence-electron chi connectivity index (χ0n) is 12.5. The van der Waals surface area contributed by atoms with Crippen molar-refractivity contribution >= 4 is 27.5 Å². The molecule has 1 aromatic heterocycles. The highest BCUT2D eigenvalue weighted by atomic mass is 79.9. The van der Waals surface area contributed by atoms with Crippen molar-refractivity contribution < 1.29 is 4.42 Å². The number of benzene rings is 2. The molecule has 0 N–H and O–H groups in total. The smallest absolute Gasteiger partial charge is 0.248 e. The van der Waals surface area contributed by atoms with E-state index >= 15 is 0 Å². The first-order valence-electron chi connectivity index (χ1n) is 7.12. The van der Waals surface area contributed by atoms with E-state index in [4.69, 9.17) is 16.0 Å². The van der Waals surface area contributed by atoms with Gasteiger partial charge >= 0.3 is 0 Å². The van der Waals surface area contributed by atoms with Gasteiger partial charge < -0.3 is 4.42 Å². The molecule has 0 aliphatic carbocycles. The minimum absolute atomic E-state index is 0.521. The molecule has 0 spiro atoms. The van der Waals surface area contributed by atoms with Crippen LogP contribution in [-0.4, -0.2) is 22.1 Å². The molecule has 0 radical (unpaired) electrons. The average Bonchev–Trinajstić information content (AvgIpc) is 2.98. The summed E-state index contributed by atoms with van der Waals surface area (Å²) in [4.78, 5) is 2.11. The topological polar surface area (TPSA) is 42.2 Å². The van der Waals surface area contributed by atoms with Crippen molar-refractivity contribution in [1.82, 2.24) is 15.1 Å². The fourth-order valence-corrected chi connectivity index (χ4v) is 2.83. The summed E-state index contributed by atoms with van der Waals surface area (Å²) >= 11 is 9.40. The Morgan fingerprint density at radius 3 is 2.52 bits per heavy atom. The van der Waals surface area contributed by atoms with Gasteiger partial charge in [0.1, 0.15) is 0 Å². The van der Waals surface area contributed by atoms with Crippen LogP contribution in [0.25, 0.3) is 11.5 Å². The number of halogens is 2. The van der Waals surface area contributed by atoms with Gasteiger partial charge in [0.25, 0.3) is 0 Å². The highest BCUT2D eigenvalue weighted by molar-refractivity contribution is 9.10. The van der Waals surface area contributed by atoms with Gasteiger partial charge in [0.05, 0.1) is 12.1 Å². The minimum atomic E-state index is 0.521. The van der Waals surface area contributed by atoms with Gasteiger partial charge in [0, 0.05) is 16.0 Å². The molecule has 3 rings (SSSR count). The van der Waals surface area contributed by atoms with E-state index in [0.29, 0.717) is 18.3 Å². The molecule has 118 valence electrons. The van der Waals surface area contributed by atoms with Crippen molar-refractivity contribution in [3.05, 3.63) is 69.5 Å². The maximum atomic E-state index is 5.90. The maximum absolute atomic E-state index is 5.90. The Hall–Kier alpha value is -1.69. The fraction of sp³-hybridized carbons (Fsp3) is 0.176. The molecule has 0 amide bonds. The second-order valence-electron chi connectivity index (χ2n) is 5.28. The summed E-state index contributed by atoms with van der Waals surface area (Å²) < 4.78 is 6.70. The van der Waals surface area contributed by atoms with Crippen molar-refractivity contribution in [3.63, 3.8) is 0 Å². The predicted molar refractivity (Wildman–Crippen MR) is 94.1 cm³/mol.